The van der Waals surface area contributed by atoms with E-state index < -0.39 is 0 Å². The van der Waals surface area contributed by atoms with Crippen LogP contribution >= 0.6 is 12.4 Å². The van der Waals surface area contributed by atoms with E-state index in [4.69, 9.17) is 4.63 Å². The van der Waals surface area contributed by atoms with Crippen molar-refractivity contribution in [1.29, 1.82) is 0 Å². The Labute approximate surface area is 161 Å². The van der Waals surface area contributed by atoms with Crippen molar-refractivity contribution < 1.29 is 4.63 Å². The Bertz CT molecular complexity index is 1030. The third kappa shape index (κ3) is 3.43. The molecule has 0 spiro atoms. The molecule has 1 saturated heterocycles. The molecule has 9 nitrogen and oxygen atoms in total. The lowest BCUT2D eigenvalue weighted by Crippen LogP contribution is -2.29. The van der Waals surface area contributed by atoms with Gasteiger partial charge in [-0.2, -0.15) is 0 Å². The monoisotopic (exact) mass is 386 g/mol. The van der Waals surface area contributed by atoms with Gasteiger partial charge in [-0.15, -0.1) is 17.5 Å². The summed E-state index contributed by atoms with van der Waals surface area (Å²) in [5.74, 6) is 0.809. The van der Waals surface area contributed by atoms with Crippen LogP contribution in [0.15, 0.2) is 41.4 Å². The zero-order valence-corrected chi connectivity index (χ0v) is 15.3. The molecule has 4 heterocycles. The Morgan fingerprint density at radius 1 is 1.15 bits per heavy atom. The van der Waals surface area contributed by atoms with Crippen LogP contribution in [0.1, 0.15) is 24.4 Å². The molecular formula is C17H19ClN8O. The minimum absolute atomic E-state index is 0. The number of piperidine rings is 1. The molecule has 1 N–H and O–H groups in total. The largest absolute Gasteiger partial charge is 0.325 e. The van der Waals surface area contributed by atoms with Gasteiger partial charge in [0.2, 0.25) is 0 Å². The summed E-state index contributed by atoms with van der Waals surface area (Å²) in [5.41, 5.74) is 3.39. The molecule has 1 aliphatic rings. The van der Waals surface area contributed by atoms with Crippen LogP contribution in [-0.2, 0) is 6.54 Å². The van der Waals surface area contributed by atoms with Crippen LogP contribution in [-0.4, -0.2) is 47.9 Å². The topological polar surface area (TPSA) is 99.5 Å². The number of hydrogen-bond donors (Lipinski definition) is 1. The third-order valence-electron chi connectivity index (χ3n) is 4.81. The van der Waals surface area contributed by atoms with Gasteiger partial charge in [0.25, 0.3) is 0 Å². The van der Waals surface area contributed by atoms with Crippen molar-refractivity contribution in [2.24, 2.45) is 0 Å². The maximum absolute atomic E-state index is 4.76. The number of imidazole rings is 1. The van der Waals surface area contributed by atoms with Crippen LogP contribution < -0.4 is 5.32 Å². The van der Waals surface area contributed by atoms with Gasteiger partial charge in [-0.25, -0.2) is 14.3 Å². The Morgan fingerprint density at radius 2 is 2.00 bits per heavy atom. The first-order valence-corrected chi connectivity index (χ1v) is 8.72. The van der Waals surface area contributed by atoms with E-state index in [-0.39, 0.29) is 12.4 Å². The fourth-order valence-corrected chi connectivity index (χ4v) is 3.42. The standard InChI is InChI=1S/C17H18N8O.ClH/c1-2-14-15(22-26-21-14)9-12(1)10-24-8-7-19-17(24)16-11-25(23-20-16)13-3-5-18-6-4-13;/h1-2,7-9,11,13,18H,3-6,10H2;1H. The summed E-state index contributed by atoms with van der Waals surface area (Å²) < 4.78 is 8.80. The van der Waals surface area contributed by atoms with Gasteiger partial charge in [-0.1, -0.05) is 11.3 Å². The number of benzene rings is 1. The average molecular weight is 387 g/mol. The van der Waals surface area contributed by atoms with Crippen molar-refractivity contribution in [2.45, 2.75) is 25.4 Å². The van der Waals surface area contributed by atoms with Crippen molar-refractivity contribution in [1.82, 2.24) is 40.2 Å². The second-order valence-corrected chi connectivity index (χ2v) is 6.53. The minimum Gasteiger partial charge on any atom is -0.325 e. The normalized spacial score (nSPS) is 15.1. The summed E-state index contributed by atoms with van der Waals surface area (Å²) in [6, 6.07) is 6.30. The van der Waals surface area contributed by atoms with Gasteiger partial charge in [0.1, 0.15) is 16.7 Å². The number of rotatable bonds is 4. The molecule has 140 valence electrons. The maximum Gasteiger partial charge on any atom is 0.162 e. The summed E-state index contributed by atoms with van der Waals surface area (Å²) in [6.45, 7) is 2.71. The van der Waals surface area contributed by atoms with Gasteiger partial charge < -0.3 is 9.88 Å². The molecule has 0 bridgehead atoms. The molecule has 4 aromatic rings. The van der Waals surface area contributed by atoms with Crippen molar-refractivity contribution in [3.8, 4) is 11.5 Å². The van der Waals surface area contributed by atoms with Gasteiger partial charge in [-0.3, -0.25) is 0 Å². The van der Waals surface area contributed by atoms with E-state index >= 15 is 0 Å². The predicted molar refractivity (Wildman–Crippen MR) is 101 cm³/mol. The van der Waals surface area contributed by atoms with Crippen LogP contribution in [0.25, 0.3) is 22.6 Å². The molecule has 0 aliphatic carbocycles. The van der Waals surface area contributed by atoms with Crippen LogP contribution in [0.5, 0.6) is 0 Å². The summed E-state index contributed by atoms with van der Waals surface area (Å²) in [6.07, 6.45) is 7.88. The highest BCUT2D eigenvalue weighted by Crippen LogP contribution is 2.22. The Hall–Kier alpha value is -2.78. The Morgan fingerprint density at radius 3 is 2.89 bits per heavy atom. The second-order valence-electron chi connectivity index (χ2n) is 6.53. The van der Waals surface area contributed by atoms with Crippen LogP contribution in [0.2, 0.25) is 0 Å². The predicted octanol–water partition coefficient (Wildman–Crippen LogP) is 2.07. The molecule has 0 amide bonds. The van der Waals surface area contributed by atoms with E-state index in [0.29, 0.717) is 12.6 Å². The van der Waals surface area contributed by atoms with Crippen molar-refractivity contribution in [2.75, 3.05) is 13.1 Å². The first-order valence-electron chi connectivity index (χ1n) is 8.72. The molecular weight excluding hydrogens is 368 g/mol. The fourth-order valence-electron chi connectivity index (χ4n) is 3.42. The molecule has 0 atom stereocenters. The van der Waals surface area contributed by atoms with E-state index in [1.165, 1.54) is 0 Å². The molecule has 27 heavy (non-hydrogen) atoms. The smallest absolute Gasteiger partial charge is 0.162 e. The highest BCUT2D eigenvalue weighted by Gasteiger charge is 2.18. The molecule has 1 aromatic carbocycles. The fraction of sp³-hybridized carbons (Fsp3) is 0.353. The molecule has 1 fully saturated rings. The summed E-state index contributed by atoms with van der Waals surface area (Å²) in [5, 5.41) is 19.8. The highest BCUT2D eigenvalue weighted by molar-refractivity contribution is 5.85. The molecule has 3 aromatic heterocycles. The zero-order valence-electron chi connectivity index (χ0n) is 14.5. The van der Waals surface area contributed by atoms with Gasteiger partial charge in [0.05, 0.1) is 12.2 Å². The quantitative estimate of drug-likeness (QED) is 0.573. The van der Waals surface area contributed by atoms with E-state index in [0.717, 1.165) is 54.0 Å². The average Bonchev–Trinajstić information content (AvgIpc) is 3.42. The van der Waals surface area contributed by atoms with Crippen LogP contribution in [0, 0.1) is 0 Å². The number of nitrogens with one attached hydrogen (secondary N) is 1. The Balaban J connectivity index is 0.00000180. The van der Waals surface area contributed by atoms with E-state index in [2.05, 4.69) is 35.5 Å². The lowest BCUT2D eigenvalue weighted by atomic mass is 10.1. The maximum atomic E-state index is 4.76. The number of fused-ring (bicyclic) bond motifs is 1. The van der Waals surface area contributed by atoms with Crippen LogP contribution in [0.3, 0.4) is 0 Å². The minimum atomic E-state index is 0. The highest BCUT2D eigenvalue weighted by atomic mass is 35.5. The number of aromatic nitrogens is 7. The lowest BCUT2D eigenvalue weighted by Gasteiger charge is -2.22. The van der Waals surface area contributed by atoms with Crippen molar-refractivity contribution >= 4 is 23.4 Å². The summed E-state index contributed by atoms with van der Waals surface area (Å²) >= 11 is 0. The van der Waals surface area contributed by atoms with Crippen molar-refractivity contribution in [3.63, 3.8) is 0 Å². The summed E-state index contributed by atoms with van der Waals surface area (Å²) in [4.78, 5) is 4.48. The Kier molecular flexibility index (Phi) is 4.87. The SMILES string of the molecule is Cl.c1cn(Cc2ccc3nonc3c2)c(-c2cn(C3CCNCC3)nn2)n1. The lowest BCUT2D eigenvalue weighted by molar-refractivity contribution is 0.315. The number of nitrogens with zero attached hydrogens (tertiary/aromatic N) is 7. The first kappa shape index (κ1) is 17.6. The first-order chi connectivity index (χ1) is 12.9. The third-order valence-corrected chi connectivity index (χ3v) is 4.81. The zero-order chi connectivity index (χ0) is 17.3. The van der Waals surface area contributed by atoms with Crippen LogP contribution in [0.4, 0.5) is 0 Å². The van der Waals surface area contributed by atoms with Gasteiger partial charge in [0, 0.05) is 18.9 Å². The molecule has 0 saturated carbocycles. The van der Waals surface area contributed by atoms with Gasteiger partial charge >= 0.3 is 0 Å². The van der Waals surface area contributed by atoms with Crippen molar-refractivity contribution in [3.05, 3.63) is 42.4 Å². The van der Waals surface area contributed by atoms with E-state index in [1.54, 1.807) is 6.20 Å². The number of hydrogen-bond acceptors (Lipinski definition) is 7. The summed E-state index contributed by atoms with van der Waals surface area (Å²) in [7, 11) is 0. The number of halogens is 1. The second kappa shape index (κ2) is 7.45. The molecule has 10 heteroatoms. The van der Waals surface area contributed by atoms with E-state index in [9.17, 15) is 0 Å². The molecule has 0 unspecified atom stereocenters. The van der Waals surface area contributed by atoms with Gasteiger partial charge in [-0.05, 0) is 53.9 Å². The molecule has 0 radical (unpaired) electrons. The molecule has 5 rings (SSSR count). The van der Waals surface area contributed by atoms with Gasteiger partial charge in [0.15, 0.2) is 5.82 Å². The van der Waals surface area contributed by atoms with E-state index in [1.807, 2.05) is 35.3 Å². The molecule has 1 aliphatic heterocycles.